The fourth-order valence-corrected chi connectivity index (χ4v) is 0. The molecule has 8 heteroatoms. The fourth-order valence-electron chi connectivity index (χ4n) is 0. The normalized spacial score (nSPS) is 6.00. The Balaban J connectivity index is -0.000000125. The van der Waals surface area contributed by atoms with Crippen molar-refractivity contribution >= 4 is 43.5 Å². The zero-order chi connectivity index (χ0) is 5.21. The Kier molecular flexibility index (Phi) is 13.7. The van der Waals surface area contributed by atoms with Crippen molar-refractivity contribution < 1.29 is 29.5 Å². The first-order chi connectivity index (χ1) is 2.56. The first kappa shape index (κ1) is 16.3. The van der Waals surface area contributed by atoms with E-state index in [2.05, 4.69) is 0 Å². The van der Waals surface area contributed by atoms with Gasteiger partial charge in [-0.3, -0.25) is 0 Å². The molecule has 8 heavy (non-hydrogen) atoms. The molecule has 0 aliphatic carbocycles. The standard InChI is InChI=1S/Al.Mg.H2O.3O.H3Si.Ti.H/h;;1H2;;;;1H3;;/q;+1;;;;;;;/p-1. The molecule has 0 saturated heterocycles. The maximum atomic E-state index is 9.89. The summed E-state index contributed by atoms with van der Waals surface area (Å²) in [5.41, 5.74) is 0. The predicted octanol–water partition coefficient (Wildman–Crippen LogP) is -2.75. The molecule has 0 unspecified atom stereocenters. The van der Waals surface area contributed by atoms with Crippen molar-refractivity contribution in [3.05, 3.63) is 0 Å². The monoisotopic (exact) mass is 196 g/mol. The van der Waals surface area contributed by atoms with Crippen LogP contribution in [0, 0.1) is 0 Å². The van der Waals surface area contributed by atoms with Crippen molar-refractivity contribution in [2.24, 2.45) is 0 Å². The Morgan fingerprint density at radius 3 is 1.50 bits per heavy atom. The number of hydrogen-bond donors (Lipinski definition) is 0. The summed E-state index contributed by atoms with van der Waals surface area (Å²) in [4.78, 5) is 0. The van der Waals surface area contributed by atoms with Gasteiger partial charge in [-0.05, 0) is 0 Å². The summed E-state index contributed by atoms with van der Waals surface area (Å²) in [5.74, 6) is 0. The van der Waals surface area contributed by atoms with Crippen LogP contribution in [0.15, 0.2) is 0 Å². The molecule has 0 saturated carbocycles. The van der Waals surface area contributed by atoms with E-state index < -0.39 is 25.9 Å². The second-order valence-corrected chi connectivity index (χ2v) is 20.5. The molecule has 0 rings (SSSR count). The third kappa shape index (κ3) is 15.6. The van der Waals surface area contributed by atoms with Gasteiger partial charge < -0.3 is 5.48 Å². The molecule has 0 amide bonds. The summed E-state index contributed by atoms with van der Waals surface area (Å²) >= 11 is -5.33. The average molecular weight is 196 g/mol. The molecule has 0 aliphatic rings. The molecular formula is H5AlMgO4SiTi. The summed E-state index contributed by atoms with van der Waals surface area (Å²) in [6.45, 7) is 0. The molecule has 0 atom stereocenters. The van der Waals surface area contributed by atoms with Gasteiger partial charge in [-0.15, -0.1) is 0 Å². The first-order valence-corrected chi connectivity index (χ1v) is 12.1. The molecule has 0 aromatic heterocycles. The third-order valence-corrected chi connectivity index (χ3v) is 5.56. The molecule has 0 aromatic carbocycles. The van der Waals surface area contributed by atoms with Crippen molar-refractivity contribution in [1.82, 2.24) is 0 Å². The molecule has 0 bridgehead atoms. The molecule has 0 aromatic rings. The predicted molar refractivity (Wildman–Crippen MR) is 26.8 cm³/mol. The van der Waals surface area contributed by atoms with E-state index in [9.17, 15) is 10.5 Å². The molecule has 0 radical (unpaired) electrons. The third-order valence-electron chi connectivity index (χ3n) is 0.214. The van der Waals surface area contributed by atoms with Crippen LogP contribution in [-0.2, 0) is 24.1 Å². The molecule has 1 N–H and O–H groups in total. The van der Waals surface area contributed by atoms with Gasteiger partial charge in [-0.25, -0.2) is 0 Å². The van der Waals surface area contributed by atoms with E-state index in [-0.39, 0.29) is 36.6 Å². The van der Waals surface area contributed by atoms with Crippen molar-refractivity contribution in [2.75, 3.05) is 0 Å². The van der Waals surface area contributed by atoms with Gasteiger partial charge in [0.05, 0.1) is 0 Å². The minimum absolute atomic E-state index is 0. The van der Waals surface area contributed by atoms with Crippen LogP contribution in [0.5, 0.6) is 0 Å². The van der Waals surface area contributed by atoms with E-state index >= 15 is 0 Å². The Hall–Kier alpha value is 1.59. The van der Waals surface area contributed by atoms with Gasteiger partial charge >= 0.3 is 67.6 Å². The quantitative estimate of drug-likeness (QED) is 0.426. The molecule has 0 heterocycles. The molecular weight excluding hydrogens is 191 g/mol. The van der Waals surface area contributed by atoms with Crippen molar-refractivity contribution in [3.8, 4) is 0 Å². The van der Waals surface area contributed by atoms with E-state index in [0.717, 1.165) is 0 Å². The van der Waals surface area contributed by atoms with Gasteiger partial charge in [0.1, 0.15) is 0 Å². The SMILES string of the molecule is [MgH+].[OH-].[O]=[Al][Ti](=[O])(=[O])[SiH3]. The minimum atomic E-state index is -3.88. The summed E-state index contributed by atoms with van der Waals surface area (Å²) < 4.78 is 29.3. The van der Waals surface area contributed by atoms with Crippen LogP contribution in [0.4, 0.5) is 0 Å². The summed E-state index contributed by atoms with van der Waals surface area (Å²) in [7, 11) is 0.130. The van der Waals surface area contributed by atoms with Crippen LogP contribution >= 0.6 is 0 Å². The zero-order valence-corrected chi connectivity index (χ0v) is 11.5. The van der Waals surface area contributed by atoms with Crippen molar-refractivity contribution in [2.45, 2.75) is 0 Å². The maximum absolute atomic E-state index is 9.89. The van der Waals surface area contributed by atoms with Crippen molar-refractivity contribution in [3.63, 3.8) is 0 Å². The van der Waals surface area contributed by atoms with E-state index in [1.54, 1.807) is 0 Å². The first-order valence-electron chi connectivity index (χ1n) is 1.43. The zero-order valence-electron chi connectivity index (χ0n) is 4.75. The second kappa shape index (κ2) is 6.71. The Morgan fingerprint density at radius 2 is 1.50 bits per heavy atom. The Bertz CT molecular complexity index is 127. The Labute approximate surface area is 72.3 Å². The van der Waals surface area contributed by atoms with Crippen molar-refractivity contribution in [1.29, 1.82) is 0 Å². The van der Waals surface area contributed by atoms with Gasteiger partial charge in [0.25, 0.3) is 0 Å². The van der Waals surface area contributed by atoms with Gasteiger partial charge in [-0.2, -0.15) is 0 Å². The molecule has 4 nitrogen and oxygen atoms in total. The van der Waals surface area contributed by atoms with E-state index in [4.69, 9.17) is 0 Å². The van der Waals surface area contributed by atoms with Crippen LogP contribution in [0.2, 0.25) is 0 Å². The summed E-state index contributed by atoms with van der Waals surface area (Å²) in [6.07, 6.45) is 0. The number of rotatable bonds is 1. The average Bonchev–Trinajstić information content (AvgIpc) is 1.35. The summed E-state index contributed by atoms with van der Waals surface area (Å²) in [6, 6.07) is 0. The number of hydrogen-bond acceptors (Lipinski definition) is 4. The molecule has 0 aliphatic heterocycles. The van der Waals surface area contributed by atoms with E-state index in [1.807, 2.05) is 0 Å². The molecule has 0 spiro atoms. The van der Waals surface area contributed by atoms with E-state index in [1.165, 1.54) is 0 Å². The van der Waals surface area contributed by atoms with Gasteiger partial charge in [0, 0.05) is 0 Å². The fraction of sp³-hybridized carbons (Fsp3) is 0. The molecule has 42 valence electrons. The topological polar surface area (TPSA) is 81.2 Å². The van der Waals surface area contributed by atoms with Crippen LogP contribution < -0.4 is 0 Å². The second-order valence-electron chi connectivity index (χ2n) is 1.13. The van der Waals surface area contributed by atoms with Crippen LogP contribution in [0.1, 0.15) is 0 Å². The summed E-state index contributed by atoms with van der Waals surface area (Å²) in [5, 5.41) is 0. The Morgan fingerprint density at radius 1 is 1.38 bits per heavy atom. The van der Waals surface area contributed by atoms with Crippen LogP contribution in [0.25, 0.3) is 0 Å². The molecule has 0 fully saturated rings. The van der Waals surface area contributed by atoms with E-state index in [0.29, 0.717) is 0 Å². The van der Waals surface area contributed by atoms with Gasteiger partial charge in [-0.1, -0.05) is 0 Å². The van der Waals surface area contributed by atoms with Crippen LogP contribution in [0.3, 0.4) is 0 Å². The van der Waals surface area contributed by atoms with Crippen LogP contribution in [-0.4, -0.2) is 49.0 Å². The van der Waals surface area contributed by atoms with Gasteiger partial charge in [0.15, 0.2) is 0 Å². The van der Waals surface area contributed by atoms with Gasteiger partial charge in [0.2, 0.25) is 0 Å².